The topological polar surface area (TPSA) is 55.1 Å². The molecule has 1 saturated carbocycles. The van der Waals surface area contributed by atoms with Crippen LogP contribution in [0.25, 0.3) is 10.8 Å². The average Bonchev–Trinajstić information content (AvgIpc) is 2.84. The van der Waals surface area contributed by atoms with Crippen molar-refractivity contribution >= 4 is 16.7 Å². The summed E-state index contributed by atoms with van der Waals surface area (Å²) in [6, 6.07) is 14.7. The van der Waals surface area contributed by atoms with E-state index in [1.165, 1.54) is 10.8 Å². The van der Waals surface area contributed by atoms with Gasteiger partial charge in [-0.25, -0.2) is 0 Å². The molecule has 0 bridgehead atoms. The molecule has 0 spiro atoms. The van der Waals surface area contributed by atoms with E-state index in [0.29, 0.717) is 6.42 Å². The van der Waals surface area contributed by atoms with Gasteiger partial charge in [-0.15, -0.1) is 0 Å². The molecule has 0 saturated heterocycles. The summed E-state index contributed by atoms with van der Waals surface area (Å²) in [5.41, 5.74) is 7.03. The molecule has 0 aliphatic heterocycles. The van der Waals surface area contributed by atoms with Gasteiger partial charge in [-0.1, -0.05) is 42.5 Å². The van der Waals surface area contributed by atoms with Crippen molar-refractivity contribution in [3.05, 3.63) is 48.0 Å². The summed E-state index contributed by atoms with van der Waals surface area (Å²) in [7, 11) is 0. The highest BCUT2D eigenvalue weighted by Gasteiger charge is 2.25. The largest absolute Gasteiger partial charge is 0.352 e. The zero-order valence-electron chi connectivity index (χ0n) is 11.5. The van der Waals surface area contributed by atoms with Crippen molar-refractivity contribution in [2.75, 3.05) is 0 Å². The molecule has 3 N–H and O–H groups in total. The highest BCUT2D eigenvalue weighted by molar-refractivity contribution is 5.85. The first-order valence-electron chi connectivity index (χ1n) is 7.25. The standard InChI is InChI=1S/C17H20N2O/c18-15-6-3-7-16(15)19-17(20)11-12-8-9-13-4-1-2-5-14(13)10-12/h1-2,4-5,8-10,15-16H,3,6-7,11,18H2,(H,19,20). The minimum absolute atomic E-state index is 0.0719. The second kappa shape index (κ2) is 5.63. The Morgan fingerprint density at radius 3 is 2.70 bits per heavy atom. The van der Waals surface area contributed by atoms with Gasteiger partial charge >= 0.3 is 0 Å². The van der Waals surface area contributed by atoms with Gasteiger partial charge in [0.25, 0.3) is 0 Å². The predicted molar refractivity (Wildman–Crippen MR) is 81.4 cm³/mol. The van der Waals surface area contributed by atoms with Gasteiger partial charge in [-0.2, -0.15) is 0 Å². The molecule has 2 unspecified atom stereocenters. The quantitative estimate of drug-likeness (QED) is 0.898. The first-order valence-corrected chi connectivity index (χ1v) is 7.25. The normalized spacial score (nSPS) is 22.1. The second-order valence-electron chi connectivity index (χ2n) is 5.63. The van der Waals surface area contributed by atoms with E-state index in [1.54, 1.807) is 0 Å². The van der Waals surface area contributed by atoms with Crippen LogP contribution < -0.4 is 11.1 Å². The van der Waals surface area contributed by atoms with Crippen LogP contribution in [0.5, 0.6) is 0 Å². The van der Waals surface area contributed by atoms with Gasteiger partial charge in [0.2, 0.25) is 5.91 Å². The fourth-order valence-electron chi connectivity index (χ4n) is 2.96. The molecule has 2 aromatic rings. The molecular weight excluding hydrogens is 248 g/mol. The van der Waals surface area contributed by atoms with Crippen LogP contribution in [0.3, 0.4) is 0 Å². The Labute approximate surface area is 119 Å². The minimum Gasteiger partial charge on any atom is -0.352 e. The van der Waals surface area contributed by atoms with Crippen LogP contribution >= 0.6 is 0 Å². The van der Waals surface area contributed by atoms with Crippen molar-refractivity contribution in [1.82, 2.24) is 5.32 Å². The molecule has 0 aromatic heterocycles. The lowest BCUT2D eigenvalue weighted by Crippen LogP contribution is -2.44. The first-order chi connectivity index (χ1) is 9.72. The zero-order valence-corrected chi connectivity index (χ0v) is 11.5. The van der Waals surface area contributed by atoms with E-state index >= 15 is 0 Å². The average molecular weight is 268 g/mol. The van der Waals surface area contributed by atoms with E-state index < -0.39 is 0 Å². The Morgan fingerprint density at radius 2 is 1.95 bits per heavy atom. The van der Waals surface area contributed by atoms with Gasteiger partial charge in [-0.3, -0.25) is 4.79 Å². The van der Waals surface area contributed by atoms with Gasteiger partial charge in [0.1, 0.15) is 0 Å². The number of fused-ring (bicyclic) bond motifs is 1. The maximum absolute atomic E-state index is 12.1. The van der Waals surface area contributed by atoms with Crippen LogP contribution in [0.1, 0.15) is 24.8 Å². The molecule has 3 rings (SSSR count). The molecule has 3 heteroatoms. The van der Waals surface area contributed by atoms with Crippen LogP contribution in [0.15, 0.2) is 42.5 Å². The first kappa shape index (κ1) is 13.1. The van der Waals surface area contributed by atoms with Gasteiger partial charge in [0.05, 0.1) is 6.42 Å². The second-order valence-corrected chi connectivity index (χ2v) is 5.63. The number of nitrogens with one attached hydrogen (secondary N) is 1. The van der Waals surface area contributed by atoms with Gasteiger partial charge < -0.3 is 11.1 Å². The van der Waals surface area contributed by atoms with E-state index in [0.717, 1.165) is 24.8 Å². The van der Waals surface area contributed by atoms with Gasteiger partial charge in [0.15, 0.2) is 0 Å². The smallest absolute Gasteiger partial charge is 0.224 e. The third kappa shape index (κ3) is 2.83. The highest BCUT2D eigenvalue weighted by atomic mass is 16.1. The molecule has 2 atom stereocenters. The molecule has 1 amide bonds. The SMILES string of the molecule is NC1CCCC1NC(=O)Cc1ccc2ccccc2c1. The van der Waals surface area contributed by atoms with E-state index in [9.17, 15) is 4.79 Å². The lowest BCUT2D eigenvalue weighted by Gasteiger charge is -2.17. The van der Waals surface area contributed by atoms with Crippen molar-refractivity contribution in [2.45, 2.75) is 37.8 Å². The number of hydrogen-bond donors (Lipinski definition) is 2. The Kier molecular flexibility index (Phi) is 3.70. The summed E-state index contributed by atoms with van der Waals surface area (Å²) in [6.45, 7) is 0. The van der Waals surface area contributed by atoms with Crippen LogP contribution in [0.4, 0.5) is 0 Å². The van der Waals surface area contributed by atoms with Crippen molar-refractivity contribution in [3.63, 3.8) is 0 Å². The zero-order chi connectivity index (χ0) is 13.9. The van der Waals surface area contributed by atoms with E-state index in [-0.39, 0.29) is 18.0 Å². The van der Waals surface area contributed by atoms with Crippen LogP contribution in [0, 0.1) is 0 Å². The number of carbonyl (C=O) groups is 1. The monoisotopic (exact) mass is 268 g/mol. The van der Waals surface area contributed by atoms with Gasteiger partial charge in [0, 0.05) is 12.1 Å². The maximum Gasteiger partial charge on any atom is 0.224 e. The van der Waals surface area contributed by atoms with Crippen molar-refractivity contribution in [2.24, 2.45) is 5.73 Å². The number of hydrogen-bond acceptors (Lipinski definition) is 2. The number of rotatable bonds is 3. The lowest BCUT2D eigenvalue weighted by molar-refractivity contribution is -0.121. The van der Waals surface area contributed by atoms with Crippen molar-refractivity contribution in [3.8, 4) is 0 Å². The summed E-state index contributed by atoms with van der Waals surface area (Å²) in [5.74, 6) is 0.0719. The van der Waals surface area contributed by atoms with Crippen molar-refractivity contribution < 1.29 is 4.79 Å². The molecule has 20 heavy (non-hydrogen) atoms. The maximum atomic E-state index is 12.1. The van der Waals surface area contributed by atoms with Gasteiger partial charge in [-0.05, 0) is 35.6 Å². The highest BCUT2D eigenvalue weighted by Crippen LogP contribution is 2.18. The summed E-state index contributed by atoms with van der Waals surface area (Å²) in [4.78, 5) is 12.1. The number of benzene rings is 2. The third-order valence-electron chi connectivity index (χ3n) is 4.09. The predicted octanol–water partition coefficient (Wildman–Crippen LogP) is 2.38. The Balaban J connectivity index is 1.67. The molecular formula is C17H20N2O. The molecule has 1 aliphatic carbocycles. The third-order valence-corrected chi connectivity index (χ3v) is 4.09. The molecule has 3 nitrogen and oxygen atoms in total. The van der Waals surface area contributed by atoms with E-state index in [2.05, 4.69) is 29.6 Å². The van der Waals surface area contributed by atoms with Crippen molar-refractivity contribution in [1.29, 1.82) is 0 Å². The molecule has 1 aliphatic rings. The Bertz CT molecular complexity index is 623. The molecule has 2 aromatic carbocycles. The number of amides is 1. The fourth-order valence-corrected chi connectivity index (χ4v) is 2.96. The molecule has 0 heterocycles. The number of carbonyl (C=O) groups excluding carboxylic acids is 1. The van der Waals surface area contributed by atoms with E-state index in [4.69, 9.17) is 5.73 Å². The van der Waals surface area contributed by atoms with Crippen LogP contribution in [0.2, 0.25) is 0 Å². The Hall–Kier alpha value is -1.87. The molecule has 1 fully saturated rings. The number of nitrogens with two attached hydrogens (primary N) is 1. The molecule has 104 valence electrons. The van der Waals surface area contributed by atoms with Crippen LogP contribution in [-0.4, -0.2) is 18.0 Å². The Morgan fingerprint density at radius 1 is 1.15 bits per heavy atom. The summed E-state index contributed by atoms with van der Waals surface area (Å²) < 4.78 is 0. The summed E-state index contributed by atoms with van der Waals surface area (Å²) >= 11 is 0. The summed E-state index contributed by atoms with van der Waals surface area (Å²) in [6.07, 6.45) is 3.56. The van der Waals surface area contributed by atoms with E-state index in [1.807, 2.05) is 18.2 Å². The molecule has 0 radical (unpaired) electrons. The fraction of sp³-hybridized carbons (Fsp3) is 0.353. The lowest BCUT2D eigenvalue weighted by atomic mass is 10.0. The van der Waals surface area contributed by atoms with Crippen LogP contribution in [-0.2, 0) is 11.2 Å². The summed E-state index contributed by atoms with van der Waals surface area (Å²) in [5, 5.41) is 5.44. The minimum atomic E-state index is 0.0719.